The number of carbonyl (C=O) groups is 2. The average molecular weight is 334 g/mol. The van der Waals surface area contributed by atoms with Gasteiger partial charge in [0.1, 0.15) is 6.61 Å². The van der Waals surface area contributed by atoms with Crippen molar-refractivity contribution in [1.82, 2.24) is 9.80 Å². The van der Waals surface area contributed by atoms with Crippen LogP contribution in [0.3, 0.4) is 0 Å². The molecular formula is C18H26N2O4. The molecule has 0 unspecified atom stereocenters. The number of piperidine rings is 1. The van der Waals surface area contributed by atoms with E-state index in [2.05, 4.69) is 0 Å². The van der Waals surface area contributed by atoms with Gasteiger partial charge in [-0.25, -0.2) is 4.79 Å². The summed E-state index contributed by atoms with van der Waals surface area (Å²) in [6.07, 6.45) is 1.24. The van der Waals surface area contributed by atoms with Crippen molar-refractivity contribution in [1.29, 1.82) is 0 Å². The first kappa shape index (κ1) is 18.3. The third-order valence-corrected chi connectivity index (χ3v) is 4.38. The lowest BCUT2D eigenvalue weighted by Gasteiger charge is -2.39. The van der Waals surface area contributed by atoms with Crippen LogP contribution in [-0.2, 0) is 16.1 Å². The molecule has 1 amide bonds. The third kappa shape index (κ3) is 5.23. The van der Waals surface area contributed by atoms with Crippen molar-refractivity contribution in [3.8, 4) is 0 Å². The first-order chi connectivity index (χ1) is 11.5. The molecule has 0 saturated carbocycles. The van der Waals surface area contributed by atoms with Crippen molar-refractivity contribution in [3.63, 3.8) is 0 Å². The van der Waals surface area contributed by atoms with Gasteiger partial charge in [-0.2, -0.15) is 0 Å². The summed E-state index contributed by atoms with van der Waals surface area (Å²) in [5.41, 5.74) is 0.966. The summed E-state index contributed by atoms with van der Waals surface area (Å²) >= 11 is 0. The highest BCUT2D eigenvalue weighted by molar-refractivity contribution is 5.69. The minimum atomic E-state index is -0.812. The molecule has 1 aromatic rings. The Labute approximate surface area is 143 Å². The minimum Gasteiger partial charge on any atom is -0.480 e. The van der Waals surface area contributed by atoms with Gasteiger partial charge in [0.15, 0.2) is 0 Å². The zero-order chi connectivity index (χ0) is 17.5. The van der Waals surface area contributed by atoms with Crippen LogP contribution in [0.4, 0.5) is 4.79 Å². The molecule has 0 radical (unpaired) electrons. The largest absolute Gasteiger partial charge is 0.480 e. The van der Waals surface area contributed by atoms with E-state index in [0.717, 1.165) is 18.4 Å². The molecule has 2 rings (SSSR count). The van der Waals surface area contributed by atoms with Crippen molar-refractivity contribution in [2.24, 2.45) is 0 Å². The molecular weight excluding hydrogens is 308 g/mol. The Morgan fingerprint density at radius 3 is 2.42 bits per heavy atom. The fourth-order valence-corrected chi connectivity index (χ4v) is 3.08. The molecule has 1 aliphatic heterocycles. The molecule has 6 heteroatoms. The normalized spacial score (nSPS) is 15.8. The molecule has 0 aliphatic carbocycles. The van der Waals surface area contributed by atoms with Crippen LogP contribution in [0, 0.1) is 0 Å². The number of hydrogen-bond acceptors (Lipinski definition) is 4. The molecule has 6 nitrogen and oxygen atoms in total. The van der Waals surface area contributed by atoms with Gasteiger partial charge >= 0.3 is 12.1 Å². The Balaban J connectivity index is 1.80. The maximum atomic E-state index is 12.2. The van der Waals surface area contributed by atoms with Crippen molar-refractivity contribution >= 4 is 12.1 Å². The summed E-state index contributed by atoms with van der Waals surface area (Å²) in [7, 11) is 0. The number of hydrogen-bond donors (Lipinski definition) is 1. The van der Waals surface area contributed by atoms with E-state index in [1.54, 1.807) is 4.90 Å². The van der Waals surface area contributed by atoms with Crippen LogP contribution in [-0.4, -0.2) is 58.7 Å². The summed E-state index contributed by atoms with van der Waals surface area (Å²) in [6.45, 7) is 5.52. The number of nitrogens with zero attached hydrogens (tertiary/aromatic N) is 2. The van der Waals surface area contributed by atoms with Gasteiger partial charge in [0.2, 0.25) is 0 Å². The number of carboxylic acid groups (broad SMARTS) is 1. The fraction of sp³-hybridized carbons (Fsp3) is 0.556. The maximum absolute atomic E-state index is 12.2. The number of aliphatic carboxylic acids is 1. The van der Waals surface area contributed by atoms with Gasteiger partial charge < -0.3 is 14.7 Å². The van der Waals surface area contributed by atoms with Crippen LogP contribution < -0.4 is 0 Å². The van der Waals surface area contributed by atoms with Gasteiger partial charge in [0.25, 0.3) is 0 Å². The van der Waals surface area contributed by atoms with E-state index in [4.69, 9.17) is 9.84 Å². The summed E-state index contributed by atoms with van der Waals surface area (Å²) in [5, 5.41) is 9.06. The molecule has 24 heavy (non-hydrogen) atoms. The molecule has 1 aliphatic rings. The van der Waals surface area contributed by atoms with Crippen molar-refractivity contribution in [2.75, 3.05) is 19.6 Å². The van der Waals surface area contributed by atoms with Crippen molar-refractivity contribution in [2.45, 2.75) is 45.4 Å². The van der Waals surface area contributed by atoms with E-state index < -0.39 is 5.97 Å². The Bertz CT molecular complexity index is 539. The smallest absolute Gasteiger partial charge is 0.410 e. The molecule has 132 valence electrons. The quantitative estimate of drug-likeness (QED) is 0.866. The topological polar surface area (TPSA) is 70.1 Å². The highest BCUT2D eigenvalue weighted by Gasteiger charge is 2.29. The van der Waals surface area contributed by atoms with Crippen LogP contribution in [0.15, 0.2) is 30.3 Å². The molecule has 0 atom stereocenters. The number of ether oxygens (including phenoxy) is 1. The SMILES string of the molecule is CC(C)N(CC(=O)O)C1CCN(C(=O)OCc2ccccc2)CC1. The number of carbonyl (C=O) groups excluding carboxylic acids is 1. The van der Waals surface area contributed by atoms with E-state index in [-0.39, 0.29) is 31.3 Å². The number of benzene rings is 1. The van der Waals surface area contributed by atoms with Gasteiger partial charge in [0, 0.05) is 25.2 Å². The van der Waals surface area contributed by atoms with Gasteiger partial charge in [-0.1, -0.05) is 30.3 Å². The predicted octanol–water partition coefficient (Wildman–Crippen LogP) is 2.58. The summed E-state index contributed by atoms with van der Waals surface area (Å²) in [6, 6.07) is 9.96. The molecule has 1 saturated heterocycles. The second-order valence-corrected chi connectivity index (χ2v) is 6.42. The van der Waals surface area contributed by atoms with Crippen LogP contribution in [0.1, 0.15) is 32.3 Å². The highest BCUT2D eigenvalue weighted by atomic mass is 16.6. The van der Waals surface area contributed by atoms with Crippen LogP contribution in [0.2, 0.25) is 0 Å². The van der Waals surface area contributed by atoms with E-state index >= 15 is 0 Å². The van der Waals surface area contributed by atoms with Crippen molar-refractivity contribution < 1.29 is 19.4 Å². The fourth-order valence-electron chi connectivity index (χ4n) is 3.08. The monoisotopic (exact) mass is 334 g/mol. The van der Waals surface area contributed by atoms with Gasteiger partial charge in [-0.15, -0.1) is 0 Å². The first-order valence-electron chi connectivity index (χ1n) is 8.40. The number of amides is 1. The Hall–Kier alpha value is -2.08. The zero-order valence-electron chi connectivity index (χ0n) is 14.4. The minimum absolute atomic E-state index is 0.0424. The summed E-state index contributed by atoms with van der Waals surface area (Å²) in [4.78, 5) is 26.9. The van der Waals surface area contributed by atoms with Gasteiger partial charge in [-0.3, -0.25) is 9.69 Å². The lowest BCUT2D eigenvalue weighted by molar-refractivity contribution is -0.139. The second-order valence-electron chi connectivity index (χ2n) is 6.42. The van der Waals surface area contributed by atoms with Crippen molar-refractivity contribution in [3.05, 3.63) is 35.9 Å². The summed E-state index contributed by atoms with van der Waals surface area (Å²) < 4.78 is 5.35. The highest BCUT2D eigenvalue weighted by Crippen LogP contribution is 2.19. The van der Waals surface area contributed by atoms with E-state index in [1.165, 1.54) is 0 Å². The predicted molar refractivity (Wildman–Crippen MR) is 90.7 cm³/mol. The molecule has 0 aromatic heterocycles. The van der Waals surface area contributed by atoms with E-state index in [0.29, 0.717) is 13.1 Å². The van der Waals surface area contributed by atoms with Crippen LogP contribution >= 0.6 is 0 Å². The molecule has 1 heterocycles. The number of likely N-dealkylation sites (tertiary alicyclic amines) is 1. The molecule has 1 fully saturated rings. The molecule has 0 bridgehead atoms. The second kappa shape index (κ2) is 8.68. The Kier molecular flexibility index (Phi) is 6.61. The number of rotatable bonds is 6. The average Bonchev–Trinajstić information content (AvgIpc) is 2.58. The lowest BCUT2D eigenvalue weighted by Crippen LogP contribution is -2.50. The Morgan fingerprint density at radius 2 is 1.88 bits per heavy atom. The van der Waals surface area contributed by atoms with Crippen LogP contribution in [0.5, 0.6) is 0 Å². The summed E-state index contributed by atoms with van der Waals surface area (Å²) in [5.74, 6) is -0.812. The first-order valence-corrected chi connectivity index (χ1v) is 8.40. The zero-order valence-corrected chi connectivity index (χ0v) is 14.4. The van der Waals surface area contributed by atoms with Crippen LogP contribution in [0.25, 0.3) is 0 Å². The molecule has 1 N–H and O–H groups in total. The molecule has 1 aromatic carbocycles. The number of carboxylic acids is 1. The Morgan fingerprint density at radius 1 is 1.25 bits per heavy atom. The lowest BCUT2D eigenvalue weighted by atomic mass is 10.0. The van der Waals surface area contributed by atoms with E-state index in [9.17, 15) is 9.59 Å². The third-order valence-electron chi connectivity index (χ3n) is 4.38. The molecule has 0 spiro atoms. The standard InChI is InChI=1S/C18H26N2O4/c1-14(2)20(12-17(21)22)16-8-10-19(11-9-16)18(23)24-13-15-6-4-3-5-7-15/h3-7,14,16H,8-13H2,1-2H3,(H,21,22). The van der Waals surface area contributed by atoms with Gasteiger partial charge in [0.05, 0.1) is 6.54 Å². The van der Waals surface area contributed by atoms with E-state index in [1.807, 2.05) is 49.1 Å². The van der Waals surface area contributed by atoms with Gasteiger partial charge in [-0.05, 0) is 32.3 Å². The maximum Gasteiger partial charge on any atom is 0.410 e.